The monoisotopic (exact) mass is 351 g/mol. The number of phenols is 2. The lowest BCUT2D eigenvalue weighted by Gasteiger charge is -2.11. The summed E-state index contributed by atoms with van der Waals surface area (Å²) in [7, 11) is 0. The van der Waals surface area contributed by atoms with Crippen molar-refractivity contribution in [3.8, 4) is 17.2 Å². The van der Waals surface area contributed by atoms with E-state index in [1.807, 2.05) is 54.6 Å². The summed E-state index contributed by atoms with van der Waals surface area (Å²) in [5.41, 5.74) is 2.34. The fraction of sp³-hybridized carbons (Fsp3) is 0.0500. The summed E-state index contributed by atoms with van der Waals surface area (Å²) >= 11 is 5.30. The van der Waals surface area contributed by atoms with Gasteiger partial charge in [-0.25, -0.2) is 0 Å². The summed E-state index contributed by atoms with van der Waals surface area (Å²) in [6.07, 6.45) is 0. The van der Waals surface area contributed by atoms with Crippen LogP contribution >= 0.6 is 12.2 Å². The van der Waals surface area contributed by atoms with E-state index in [1.165, 1.54) is 12.1 Å². The number of anilines is 1. The van der Waals surface area contributed by atoms with Gasteiger partial charge in [0.05, 0.1) is 5.56 Å². The zero-order valence-electron chi connectivity index (χ0n) is 13.3. The van der Waals surface area contributed by atoms with Crippen LogP contribution in [0, 0.1) is 0 Å². The van der Waals surface area contributed by atoms with Crippen molar-refractivity contribution in [2.75, 3.05) is 5.32 Å². The first kappa shape index (κ1) is 16.8. The number of phenolic OH excluding ortho intramolecular Hbond substituents is 2. The lowest BCUT2D eigenvalue weighted by atomic mass is 10.2. The maximum absolute atomic E-state index is 9.85. The topological polar surface area (TPSA) is 61.7 Å². The number of rotatable bonds is 5. The molecule has 0 aromatic heterocycles. The van der Waals surface area contributed by atoms with Crippen LogP contribution in [0.4, 0.5) is 5.69 Å². The van der Waals surface area contributed by atoms with Crippen molar-refractivity contribution in [1.29, 1.82) is 0 Å². The first-order valence-electron chi connectivity index (χ1n) is 7.72. The Bertz CT molecular complexity index is 864. The summed E-state index contributed by atoms with van der Waals surface area (Å²) in [4.78, 5) is 0.371. The average molecular weight is 351 g/mol. The molecule has 4 nitrogen and oxygen atoms in total. The molecule has 3 aromatic carbocycles. The number of ether oxygens (including phenoxy) is 1. The van der Waals surface area contributed by atoms with Gasteiger partial charge in [-0.05, 0) is 42.0 Å². The first-order chi connectivity index (χ1) is 12.1. The fourth-order valence-electron chi connectivity index (χ4n) is 2.29. The number of nitrogens with one attached hydrogen (secondary N) is 1. The second-order valence-electron chi connectivity index (χ2n) is 5.45. The fourth-order valence-corrected chi connectivity index (χ4v) is 2.58. The molecule has 0 amide bonds. The molecule has 5 heteroatoms. The number of thiocarbonyl (C=S) groups is 1. The maximum atomic E-state index is 9.85. The van der Waals surface area contributed by atoms with Crippen molar-refractivity contribution in [2.45, 2.75) is 6.61 Å². The molecule has 0 aliphatic carbocycles. The van der Waals surface area contributed by atoms with Crippen LogP contribution < -0.4 is 10.1 Å². The molecule has 0 unspecified atom stereocenters. The number of hydrogen-bond acceptors (Lipinski definition) is 4. The molecule has 0 radical (unpaired) electrons. The predicted molar refractivity (Wildman–Crippen MR) is 102 cm³/mol. The Labute approximate surface area is 151 Å². The minimum absolute atomic E-state index is 0.0102. The highest BCUT2D eigenvalue weighted by Gasteiger charge is 2.08. The smallest absolute Gasteiger partial charge is 0.129 e. The molecule has 0 bridgehead atoms. The second-order valence-corrected chi connectivity index (χ2v) is 5.86. The van der Waals surface area contributed by atoms with E-state index < -0.39 is 0 Å². The summed E-state index contributed by atoms with van der Waals surface area (Å²) in [5, 5.41) is 22.2. The van der Waals surface area contributed by atoms with Gasteiger partial charge in [-0.3, -0.25) is 0 Å². The Kier molecular flexibility index (Phi) is 5.16. The molecular formula is C20H17NO3S. The molecule has 3 N–H and O–H groups in total. The van der Waals surface area contributed by atoms with Gasteiger partial charge in [0.15, 0.2) is 0 Å². The Balaban J connectivity index is 1.61. The highest BCUT2D eigenvalue weighted by atomic mass is 32.1. The van der Waals surface area contributed by atoms with Gasteiger partial charge in [0.2, 0.25) is 0 Å². The van der Waals surface area contributed by atoms with E-state index in [0.29, 0.717) is 17.2 Å². The molecule has 0 fully saturated rings. The average Bonchev–Trinajstić information content (AvgIpc) is 2.62. The quantitative estimate of drug-likeness (QED) is 0.592. The van der Waals surface area contributed by atoms with Gasteiger partial charge in [-0.1, -0.05) is 42.5 Å². The van der Waals surface area contributed by atoms with Crippen molar-refractivity contribution in [2.24, 2.45) is 0 Å². The van der Waals surface area contributed by atoms with Crippen molar-refractivity contribution in [1.82, 2.24) is 0 Å². The maximum Gasteiger partial charge on any atom is 0.129 e. The van der Waals surface area contributed by atoms with E-state index in [4.69, 9.17) is 17.0 Å². The van der Waals surface area contributed by atoms with Gasteiger partial charge in [-0.2, -0.15) is 0 Å². The van der Waals surface area contributed by atoms with Crippen LogP contribution in [0.15, 0.2) is 72.8 Å². The van der Waals surface area contributed by atoms with Gasteiger partial charge >= 0.3 is 0 Å². The third kappa shape index (κ3) is 4.49. The zero-order chi connectivity index (χ0) is 17.6. The summed E-state index contributed by atoms with van der Waals surface area (Å²) < 4.78 is 5.74. The van der Waals surface area contributed by atoms with E-state index in [0.717, 1.165) is 17.0 Å². The molecule has 0 atom stereocenters. The van der Waals surface area contributed by atoms with Crippen LogP contribution in [-0.4, -0.2) is 15.2 Å². The van der Waals surface area contributed by atoms with Gasteiger partial charge in [0.25, 0.3) is 0 Å². The van der Waals surface area contributed by atoms with E-state index in [2.05, 4.69) is 5.32 Å². The van der Waals surface area contributed by atoms with Crippen LogP contribution in [0.3, 0.4) is 0 Å². The van der Waals surface area contributed by atoms with Crippen LogP contribution in [-0.2, 0) is 6.61 Å². The zero-order valence-corrected chi connectivity index (χ0v) is 14.2. The van der Waals surface area contributed by atoms with Crippen LogP contribution in [0.5, 0.6) is 17.2 Å². The Morgan fingerprint density at radius 3 is 2.32 bits per heavy atom. The molecule has 0 spiro atoms. The molecule has 0 saturated heterocycles. The SMILES string of the molecule is Oc1ccc(C(=S)Nc2ccc(OCc3ccccc3)cc2)c(O)c1. The minimum atomic E-state index is -0.0692. The normalized spacial score (nSPS) is 10.2. The molecule has 3 aromatic rings. The summed E-state index contributed by atoms with van der Waals surface area (Å²) in [6.45, 7) is 0.507. The van der Waals surface area contributed by atoms with Crippen molar-refractivity contribution in [3.63, 3.8) is 0 Å². The van der Waals surface area contributed by atoms with Gasteiger partial charge in [0.1, 0.15) is 28.8 Å². The lowest BCUT2D eigenvalue weighted by Crippen LogP contribution is -2.10. The molecule has 126 valence electrons. The van der Waals surface area contributed by atoms with Crippen molar-refractivity contribution < 1.29 is 14.9 Å². The molecular weight excluding hydrogens is 334 g/mol. The molecule has 25 heavy (non-hydrogen) atoms. The molecule has 0 saturated carbocycles. The van der Waals surface area contributed by atoms with E-state index in [9.17, 15) is 10.2 Å². The van der Waals surface area contributed by atoms with Gasteiger partial charge in [-0.15, -0.1) is 0 Å². The number of hydrogen-bond donors (Lipinski definition) is 3. The summed E-state index contributed by atoms with van der Waals surface area (Å²) in [5.74, 6) is 0.678. The molecule has 0 heterocycles. The largest absolute Gasteiger partial charge is 0.508 e. The molecule has 0 aliphatic heterocycles. The Morgan fingerprint density at radius 2 is 1.64 bits per heavy atom. The standard InChI is InChI=1S/C20H17NO3S/c22-16-8-11-18(19(23)12-16)20(25)21-15-6-9-17(10-7-15)24-13-14-4-2-1-3-5-14/h1-12,22-23H,13H2,(H,21,25). The highest BCUT2D eigenvalue weighted by Crippen LogP contribution is 2.24. The van der Waals surface area contributed by atoms with Crippen LogP contribution in [0.2, 0.25) is 0 Å². The van der Waals surface area contributed by atoms with Gasteiger partial charge < -0.3 is 20.3 Å². The van der Waals surface area contributed by atoms with E-state index in [1.54, 1.807) is 6.07 Å². The van der Waals surface area contributed by atoms with Gasteiger partial charge in [0, 0.05) is 11.8 Å². The molecule has 3 rings (SSSR count). The van der Waals surface area contributed by atoms with E-state index in [-0.39, 0.29) is 11.5 Å². The Morgan fingerprint density at radius 1 is 0.920 bits per heavy atom. The van der Waals surface area contributed by atoms with Crippen LogP contribution in [0.25, 0.3) is 0 Å². The van der Waals surface area contributed by atoms with Crippen molar-refractivity contribution in [3.05, 3.63) is 83.9 Å². The van der Waals surface area contributed by atoms with Crippen LogP contribution in [0.1, 0.15) is 11.1 Å². The van der Waals surface area contributed by atoms with E-state index >= 15 is 0 Å². The highest BCUT2D eigenvalue weighted by molar-refractivity contribution is 7.81. The number of aromatic hydroxyl groups is 2. The molecule has 0 aliphatic rings. The van der Waals surface area contributed by atoms with Crippen molar-refractivity contribution >= 4 is 22.9 Å². The predicted octanol–water partition coefficient (Wildman–Crippen LogP) is 4.46. The first-order valence-corrected chi connectivity index (χ1v) is 8.13. The third-order valence-electron chi connectivity index (χ3n) is 3.59. The lowest BCUT2D eigenvalue weighted by molar-refractivity contribution is 0.306. The minimum Gasteiger partial charge on any atom is -0.508 e. The summed E-state index contributed by atoms with van der Waals surface area (Å²) in [6, 6.07) is 21.7. The number of benzene rings is 3. The Hall–Kier alpha value is -3.05. The third-order valence-corrected chi connectivity index (χ3v) is 3.91. The second kappa shape index (κ2) is 7.68.